The van der Waals surface area contributed by atoms with E-state index in [-0.39, 0.29) is 17.8 Å². The molecule has 0 aromatic rings. The van der Waals surface area contributed by atoms with Crippen molar-refractivity contribution in [3.8, 4) is 0 Å². The van der Waals surface area contributed by atoms with Gasteiger partial charge in [0.25, 0.3) is 0 Å². The van der Waals surface area contributed by atoms with E-state index in [9.17, 15) is 14.7 Å². The first-order valence-corrected chi connectivity index (χ1v) is 13.6. The van der Waals surface area contributed by atoms with Crippen LogP contribution in [0, 0.1) is 17.8 Å². The second kappa shape index (κ2) is 17.9. The number of Topliss-reactive ketones (excluding diaryl/α,β-unsaturated/α-hetero) is 1. The van der Waals surface area contributed by atoms with E-state index in [1.54, 1.807) is 0 Å². The van der Waals surface area contributed by atoms with Crippen molar-refractivity contribution >= 4 is 11.8 Å². The van der Waals surface area contributed by atoms with Crippen molar-refractivity contribution in [2.24, 2.45) is 17.8 Å². The lowest BCUT2D eigenvalue weighted by Crippen LogP contribution is -2.35. The Morgan fingerprint density at radius 2 is 1.74 bits per heavy atom. The van der Waals surface area contributed by atoms with E-state index in [0.717, 1.165) is 19.4 Å². The maximum absolute atomic E-state index is 12.9. The van der Waals surface area contributed by atoms with Crippen molar-refractivity contribution in [1.29, 1.82) is 0 Å². The Hall–Kier alpha value is -1.46. The van der Waals surface area contributed by atoms with Gasteiger partial charge in [-0.1, -0.05) is 76.7 Å². The average molecular weight is 479 g/mol. The molecule has 1 aliphatic rings. The molecule has 0 saturated heterocycles. The Balaban J connectivity index is 2.63. The van der Waals surface area contributed by atoms with Crippen LogP contribution in [0.1, 0.15) is 104 Å². The van der Waals surface area contributed by atoms with Crippen LogP contribution in [0.25, 0.3) is 0 Å². The molecule has 1 rings (SSSR count). The minimum Gasteiger partial charge on any atom is -0.467 e. The van der Waals surface area contributed by atoms with Crippen molar-refractivity contribution in [3.05, 3.63) is 24.3 Å². The number of rotatable bonds is 19. The van der Waals surface area contributed by atoms with E-state index >= 15 is 0 Å². The summed E-state index contributed by atoms with van der Waals surface area (Å²) < 4.78 is 10.6. The van der Waals surface area contributed by atoms with Crippen LogP contribution >= 0.6 is 0 Å². The van der Waals surface area contributed by atoms with Gasteiger partial charge in [0.05, 0.1) is 13.7 Å². The summed E-state index contributed by atoms with van der Waals surface area (Å²) in [6, 6.07) is 0. The number of esters is 1. The van der Waals surface area contributed by atoms with Gasteiger partial charge in [-0.25, -0.2) is 4.79 Å². The molecular formula is C29H50O5. The van der Waals surface area contributed by atoms with Gasteiger partial charge in [0.15, 0.2) is 5.60 Å². The quantitative estimate of drug-likeness (QED) is 0.129. The summed E-state index contributed by atoms with van der Waals surface area (Å²) >= 11 is 0. The first kappa shape index (κ1) is 30.6. The van der Waals surface area contributed by atoms with Crippen LogP contribution in [-0.2, 0) is 19.1 Å². The Bertz CT molecular complexity index is 622. The number of carbonyl (C=O) groups is 2. The largest absolute Gasteiger partial charge is 0.467 e. The standard InChI is InChI=1S/C29H50O5/c1-5-7-9-11-12-14-18-25-24(23-34-21-17-10-8-6-2)22-27(30)26(25)19-15-13-16-20-29(3,32)28(31)33-4/h13-15,18,24-26,32H,5-12,16-17,19-23H2,1-4H3/b15-13-,18-14+/t24-,25-,26+,29?/m0/s1. The molecule has 1 unspecified atom stereocenters. The number of hydrogen-bond donors (Lipinski definition) is 1. The molecule has 4 atom stereocenters. The lowest BCUT2D eigenvalue weighted by Gasteiger charge is -2.20. The normalized spacial score (nSPS) is 22.6. The fourth-order valence-electron chi connectivity index (χ4n) is 4.69. The first-order chi connectivity index (χ1) is 16.4. The van der Waals surface area contributed by atoms with Crippen LogP contribution < -0.4 is 0 Å². The van der Waals surface area contributed by atoms with Gasteiger partial charge < -0.3 is 14.6 Å². The third-order valence-electron chi connectivity index (χ3n) is 6.92. The van der Waals surface area contributed by atoms with Crippen molar-refractivity contribution in [2.75, 3.05) is 20.3 Å². The molecule has 1 saturated carbocycles. The Morgan fingerprint density at radius 1 is 1.03 bits per heavy atom. The summed E-state index contributed by atoms with van der Waals surface area (Å²) in [5.74, 6) is 0.166. The number of ether oxygens (including phenoxy) is 2. The summed E-state index contributed by atoms with van der Waals surface area (Å²) in [6.07, 6.45) is 21.5. The van der Waals surface area contributed by atoms with E-state index in [2.05, 4.69) is 30.7 Å². The van der Waals surface area contributed by atoms with Crippen LogP contribution in [-0.4, -0.2) is 42.8 Å². The number of unbranched alkanes of at least 4 members (excludes halogenated alkanes) is 7. The zero-order valence-electron chi connectivity index (χ0n) is 22.2. The number of hydrogen-bond acceptors (Lipinski definition) is 5. The highest BCUT2D eigenvalue weighted by Gasteiger charge is 2.40. The predicted octanol–water partition coefficient (Wildman–Crippen LogP) is 6.58. The molecule has 0 aromatic heterocycles. The highest BCUT2D eigenvalue weighted by Crippen LogP contribution is 2.38. The van der Waals surface area contributed by atoms with E-state index < -0.39 is 11.6 Å². The highest BCUT2D eigenvalue weighted by atomic mass is 16.5. The highest BCUT2D eigenvalue weighted by molar-refractivity contribution is 5.84. The monoisotopic (exact) mass is 478 g/mol. The van der Waals surface area contributed by atoms with Gasteiger partial charge in [-0.15, -0.1) is 0 Å². The molecule has 0 radical (unpaired) electrons. The maximum atomic E-state index is 12.9. The van der Waals surface area contributed by atoms with Gasteiger partial charge in [-0.3, -0.25) is 4.79 Å². The predicted molar refractivity (Wildman–Crippen MR) is 139 cm³/mol. The molecular weight excluding hydrogens is 428 g/mol. The van der Waals surface area contributed by atoms with Crippen molar-refractivity contribution in [3.63, 3.8) is 0 Å². The molecule has 34 heavy (non-hydrogen) atoms. The lowest BCUT2D eigenvalue weighted by atomic mass is 9.86. The second-order valence-corrected chi connectivity index (χ2v) is 10.0. The fourth-order valence-corrected chi connectivity index (χ4v) is 4.69. The van der Waals surface area contributed by atoms with Crippen LogP contribution in [0.4, 0.5) is 0 Å². The summed E-state index contributed by atoms with van der Waals surface area (Å²) in [5, 5.41) is 10.2. The van der Waals surface area contributed by atoms with Gasteiger partial charge in [-0.05, 0) is 57.3 Å². The fraction of sp³-hybridized carbons (Fsp3) is 0.793. The van der Waals surface area contributed by atoms with Crippen molar-refractivity contribution in [2.45, 2.75) is 110 Å². The minimum atomic E-state index is -1.48. The number of methoxy groups -OCH3 is 1. The molecule has 5 heteroatoms. The molecule has 0 aromatic carbocycles. The third kappa shape index (κ3) is 11.8. The van der Waals surface area contributed by atoms with Crippen molar-refractivity contribution < 1.29 is 24.2 Å². The topological polar surface area (TPSA) is 72.8 Å². The molecule has 1 N–H and O–H groups in total. The van der Waals surface area contributed by atoms with Crippen LogP contribution in [0.3, 0.4) is 0 Å². The average Bonchev–Trinajstić information content (AvgIpc) is 3.11. The molecule has 0 spiro atoms. The molecule has 0 amide bonds. The zero-order chi connectivity index (χ0) is 25.2. The van der Waals surface area contributed by atoms with E-state index in [1.807, 2.05) is 12.2 Å². The van der Waals surface area contributed by atoms with Gasteiger partial charge >= 0.3 is 5.97 Å². The van der Waals surface area contributed by atoms with E-state index in [0.29, 0.717) is 38.1 Å². The summed E-state index contributed by atoms with van der Waals surface area (Å²) in [5.41, 5.74) is -1.48. The summed E-state index contributed by atoms with van der Waals surface area (Å²) in [6.45, 7) is 7.34. The van der Waals surface area contributed by atoms with Crippen molar-refractivity contribution in [1.82, 2.24) is 0 Å². The van der Waals surface area contributed by atoms with Gasteiger partial charge in [-0.2, -0.15) is 0 Å². The molecule has 0 heterocycles. The Kier molecular flexibility index (Phi) is 16.1. The molecule has 1 fully saturated rings. The number of allylic oxidation sites excluding steroid dienone is 4. The number of aliphatic hydroxyl groups is 1. The van der Waals surface area contributed by atoms with E-state index in [4.69, 9.17) is 4.74 Å². The van der Waals surface area contributed by atoms with Gasteiger partial charge in [0, 0.05) is 18.9 Å². The minimum absolute atomic E-state index is 0.0158. The second-order valence-electron chi connectivity index (χ2n) is 10.0. The SMILES string of the molecule is CCCCCC/C=C/[C@H]1[C@H](COCCCCCC)CC(=O)[C@@H]1C/C=C\CCC(C)(O)C(=O)OC. The Labute approximate surface area is 208 Å². The van der Waals surface area contributed by atoms with Gasteiger partial charge in [0.2, 0.25) is 0 Å². The maximum Gasteiger partial charge on any atom is 0.337 e. The molecule has 1 aliphatic carbocycles. The lowest BCUT2D eigenvalue weighted by molar-refractivity contribution is -0.160. The van der Waals surface area contributed by atoms with Crippen LogP contribution in [0.15, 0.2) is 24.3 Å². The molecule has 5 nitrogen and oxygen atoms in total. The molecule has 196 valence electrons. The van der Waals surface area contributed by atoms with Crippen LogP contribution in [0.2, 0.25) is 0 Å². The van der Waals surface area contributed by atoms with Gasteiger partial charge in [0.1, 0.15) is 5.78 Å². The summed E-state index contributed by atoms with van der Waals surface area (Å²) in [4.78, 5) is 24.5. The Morgan fingerprint density at radius 3 is 2.41 bits per heavy atom. The smallest absolute Gasteiger partial charge is 0.337 e. The third-order valence-corrected chi connectivity index (χ3v) is 6.92. The first-order valence-electron chi connectivity index (χ1n) is 13.6. The molecule has 0 bridgehead atoms. The van der Waals surface area contributed by atoms with Crippen LogP contribution in [0.5, 0.6) is 0 Å². The van der Waals surface area contributed by atoms with E-state index in [1.165, 1.54) is 59.0 Å². The molecule has 0 aliphatic heterocycles. The zero-order valence-corrected chi connectivity index (χ0v) is 22.2. The number of carbonyl (C=O) groups excluding carboxylic acids is 2. The number of ketones is 1. The summed E-state index contributed by atoms with van der Waals surface area (Å²) in [7, 11) is 1.28.